The monoisotopic (exact) mass is 192 g/mol. The first-order chi connectivity index (χ1) is 6.95. The normalized spacial score (nSPS) is 17.1. The van der Waals surface area contributed by atoms with Gasteiger partial charge in [0.15, 0.2) is 0 Å². The van der Waals surface area contributed by atoms with E-state index in [2.05, 4.69) is 20.2 Å². The zero-order valence-electron chi connectivity index (χ0n) is 8.32. The first kappa shape index (κ1) is 9.40. The largest absolute Gasteiger partial charge is 0.368 e. The van der Waals surface area contributed by atoms with Gasteiger partial charge in [0, 0.05) is 25.5 Å². The number of hydrogen-bond donors (Lipinski definition) is 1. The highest BCUT2D eigenvalue weighted by Gasteiger charge is 2.09. The van der Waals surface area contributed by atoms with Crippen LogP contribution in [0.15, 0.2) is 18.6 Å². The van der Waals surface area contributed by atoms with Gasteiger partial charge in [0.05, 0.1) is 6.20 Å². The molecule has 1 saturated heterocycles. The summed E-state index contributed by atoms with van der Waals surface area (Å²) >= 11 is 0. The van der Waals surface area contributed by atoms with Gasteiger partial charge >= 0.3 is 0 Å². The molecule has 14 heavy (non-hydrogen) atoms. The average Bonchev–Trinajstić information content (AvgIpc) is 2.72. The van der Waals surface area contributed by atoms with E-state index in [1.165, 1.54) is 25.9 Å². The fourth-order valence-corrected chi connectivity index (χ4v) is 1.74. The quantitative estimate of drug-likeness (QED) is 0.772. The van der Waals surface area contributed by atoms with Crippen molar-refractivity contribution in [3.8, 4) is 0 Å². The van der Waals surface area contributed by atoms with Crippen LogP contribution in [0.4, 0.5) is 5.82 Å². The maximum atomic E-state index is 4.15. The average molecular weight is 192 g/mol. The lowest BCUT2D eigenvalue weighted by Crippen LogP contribution is -2.26. The third-order valence-electron chi connectivity index (χ3n) is 2.50. The number of likely N-dealkylation sites (tertiary alicyclic amines) is 1. The molecule has 1 aromatic rings. The van der Waals surface area contributed by atoms with Gasteiger partial charge in [0.25, 0.3) is 0 Å². The predicted molar refractivity (Wildman–Crippen MR) is 56.2 cm³/mol. The first-order valence-electron chi connectivity index (χ1n) is 5.17. The van der Waals surface area contributed by atoms with Crippen LogP contribution in [0.5, 0.6) is 0 Å². The molecule has 1 fully saturated rings. The molecule has 0 atom stereocenters. The molecule has 0 saturated carbocycles. The molecule has 1 aliphatic rings. The van der Waals surface area contributed by atoms with E-state index in [1.54, 1.807) is 18.6 Å². The number of hydrogen-bond acceptors (Lipinski definition) is 4. The Morgan fingerprint density at radius 2 is 2.14 bits per heavy atom. The van der Waals surface area contributed by atoms with Gasteiger partial charge < -0.3 is 10.2 Å². The third kappa shape index (κ3) is 2.67. The lowest BCUT2D eigenvalue weighted by Gasteiger charge is -2.14. The molecule has 1 aromatic heterocycles. The van der Waals surface area contributed by atoms with E-state index >= 15 is 0 Å². The van der Waals surface area contributed by atoms with E-state index in [0.29, 0.717) is 0 Å². The Bertz CT molecular complexity index is 256. The molecule has 4 heteroatoms. The Balaban J connectivity index is 1.67. The molecular formula is C10H16N4. The Hall–Kier alpha value is -1.16. The van der Waals surface area contributed by atoms with Crippen LogP contribution >= 0.6 is 0 Å². The molecule has 0 spiro atoms. The molecule has 1 aliphatic heterocycles. The molecule has 2 rings (SSSR count). The predicted octanol–water partition coefficient (Wildman–Crippen LogP) is 0.984. The standard InChI is InChI=1S/C10H16N4/c1-2-7-14(6-1)8-5-13-10-9-11-3-4-12-10/h3-4,9H,1-2,5-8H2,(H,12,13). The van der Waals surface area contributed by atoms with Crippen molar-refractivity contribution in [2.45, 2.75) is 12.8 Å². The second kappa shape index (κ2) is 4.91. The first-order valence-corrected chi connectivity index (χ1v) is 5.17. The molecule has 0 aromatic carbocycles. The highest BCUT2D eigenvalue weighted by molar-refractivity contribution is 5.29. The summed E-state index contributed by atoms with van der Waals surface area (Å²) in [4.78, 5) is 10.6. The molecule has 2 heterocycles. The molecule has 0 unspecified atom stereocenters. The smallest absolute Gasteiger partial charge is 0.144 e. The highest BCUT2D eigenvalue weighted by Crippen LogP contribution is 2.06. The fraction of sp³-hybridized carbons (Fsp3) is 0.600. The lowest BCUT2D eigenvalue weighted by atomic mass is 10.4. The SMILES string of the molecule is c1cnc(NCCN2CCCC2)cn1. The van der Waals surface area contributed by atoms with Crippen molar-refractivity contribution in [1.29, 1.82) is 0 Å². The second-order valence-electron chi connectivity index (χ2n) is 3.57. The zero-order valence-corrected chi connectivity index (χ0v) is 8.32. The Morgan fingerprint density at radius 3 is 2.86 bits per heavy atom. The van der Waals surface area contributed by atoms with Crippen molar-refractivity contribution < 1.29 is 0 Å². The molecule has 4 nitrogen and oxygen atoms in total. The summed E-state index contributed by atoms with van der Waals surface area (Å²) in [6, 6.07) is 0. The second-order valence-corrected chi connectivity index (χ2v) is 3.57. The van der Waals surface area contributed by atoms with Gasteiger partial charge in [-0.15, -0.1) is 0 Å². The van der Waals surface area contributed by atoms with Crippen molar-refractivity contribution >= 4 is 5.82 Å². The summed E-state index contributed by atoms with van der Waals surface area (Å²) in [5.41, 5.74) is 0. The minimum absolute atomic E-state index is 0.867. The van der Waals surface area contributed by atoms with E-state index in [4.69, 9.17) is 0 Å². The van der Waals surface area contributed by atoms with E-state index in [-0.39, 0.29) is 0 Å². The van der Waals surface area contributed by atoms with E-state index in [0.717, 1.165) is 18.9 Å². The van der Waals surface area contributed by atoms with Crippen LogP contribution in [0.2, 0.25) is 0 Å². The number of aromatic nitrogens is 2. The maximum Gasteiger partial charge on any atom is 0.144 e. The summed E-state index contributed by atoms with van der Waals surface area (Å²) in [5, 5.41) is 3.26. The minimum atomic E-state index is 0.867. The van der Waals surface area contributed by atoms with Gasteiger partial charge in [0.1, 0.15) is 5.82 Å². The number of nitrogens with zero attached hydrogens (tertiary/aromatic N) is 3. The molecule has 0 radical (unpaired) electrons. The Kier molecular flexibility index (Phi) is 3.29. The summed E-state index contributed by atoms with van der Waals surface area (Å²) in [6.45, 7) is 4.57. The summed E-state index contributed by atoms with van der Waals surface area (Å²) in [6.07, 6.45) is 7.85. The summed E-state index contributed by atoms with van der Waals surface area (Å²) in [7, 11) is 0. The van der Waals surface area contributed by atoms with Crippen LogP contribution in [0.25, 0.3) is 0 Å². The van der Waals surface area contributed by atoms with E-state index in [9.17, 15) is 0 Å². The van der Waals surface area contributed by atoms with Gasteiger partial charge in [-0.3, -0.25) is 4.98 Å². The Morgan fingerprint density at radius 1 is 1.29 bits per heavy atom. The van der Waals surface area contributed by atoms with Crippen LogP contribution in [0, 0.1) is 0 Å². The number of nitrogens with one attached hydrogen (secondary N) is 1. The van der Waals surface area contributed by atoms with Gasteiger partial charge in [0.2, 0.25) is 0 Å². The van der Waals surface area contributed by atoms with Crippen LogP contribution in [0.1, 0.15) is 12.8 Å². The number of rotatable bonds is 4. The Labute approximate surface area is 84.4 Å². The molecule has 0 bridgehead atoms. The third-order valence-corrected chi connectivity index (χ3v) is 2.50. The van der Waals surface area contributed by atoms with Crippen molar-refractivity contribution in [3.63, 3.8) is 0 Å². The van der Waals surface area contributed by atoms with Crippen molar-refractivity contribution in [2.75, 3.05) is 31.5 Å². The van der Waals surface area contributed by atoms with Gasteiger partial charge in [-0.25, -0.2) is 4.98 Å². The van der Waals surface area contributed by atoms with Crippen LogP contribution in [-0.2, 0) is 0 Å². The van der Waals surface area contributed by atoms with Crippen molar-refractivity contribution in [2.24, 2.45) is 0 Å². The topological polar surface area (TPSA) is 41.1 Å². The van der Waals surface area contributed by atoms with Crippen LogP contribution in [-0.4, -0.2) is 41.0 Å². The van der Waals surface area contributed by atoms with Crippen LogP contribution in [0.3, 0.4) is 0 Å². The minimum Gasteiger partial charge on any atom is -0.368 e. The molecule has 76 valence electrons. The molecule has 0 aliphatic carbocycles. The van der Waals surface area contributed by atoms with E-state index < -0.39 is 0 Å². The van der Waals surface area contributed by atoms with E-state index in [1.807, 2.05) is 0 Å². The fourth-order valence-electron chi connectivity index (χ4n) is 1.74. The molecule has 0 amide bonds. The summed E-state index contributed by atoms with van der Waals surface area (Å²) in [5.74, 6) is 0.867. The highest BCUT2D eigenvalue weighted by atomic mass is 15.2. The zero-order chi connectivity index (χ0) is 9.64. The lowest BCUT2D eigenvalue weighted by molar-refractivity contribution is 0.352. The van der Waals surface area contributed by atoms with Gasteiger partial charge in [-0.2, -0.15) is 0 Å². The van der Waals surface area contributed by atoms with Gasteiger partial charge in [-0.05, 0) is 25.9 Å². The molecular weight excluding hydrogens is 176 g/mol. The molecule has 1 N–H and O–H groups in total. The number of anilines is 1. The summed E-state index contributed by atoms with van der Waals surface area (Å²) < 4.78 is 0. The van der Waals surface area contributed by atoms with Crippen LogP contribution < -0.4 is 5.32 Å². The maximum absolute atomic E-state index is 4.15. The van der Waals surface area contributed by atoms with Crippen molar-refractivity contribution in [3.05, 3.63) is 18.6 Å². The van der Waals surface area contributed by atoms with Gasteiger partial charge in [-0.1, -0.05) is 0 Å². The van der Waals surface area contributed by atoms with Crippen molar-refractivity contribution in [1.82, 2.24) is 14.9 Å².